The van der Waals surface area contributed by atoms with Crippen LogP contribution in [0.2, 0.25) is 10.0 Å². The summed E-state index contributed by atoms with van der Waals surface area (Å²) in [5.74, 6) is 0. The van der Waals surface area contributed by atoms with Gasteiger partial charge in [0.25, 0.3) is 11.1 Å². The summed E-state index contributed by atoms with van der Waals surface area (Å²) in [6.45, 7) is 8.18. The molecule has 0 bridgehead atoms. The van der Waals surface area contributed by atoms with Gasteiger partial charge in [-0.25, -0.2) is 9.03 Å². The van der Waals surface area contributed by atoms with E-state index in [2.05, 4.69) is 46.3 Å². The molecule has 0 amide bonds. The summed E-state index contributed by atoms with van der Waals surface area (Å²) < 4.78 is 18.7. The summed E-state index contributed by atoms with van der Waals surface area (Å²) in [4.78, 5) is 27.7. The quantitative estimate of drug-likeness (QED) is 0.261. The molecule has 1 saturated heterocycles. The molecule has 1 fully saturated rings. The van der Waals surface area contributed by atoms with Gasteiger partial charge in [-0.2, -0.15) is 20.4 Å². The summed E-state index contributed by atoms with van der Waals surface area (Å²) in [5.41, 5.74) is 2.17. The average molecular weight is 706 g/mol. The van der Waals surface area contributed by atoms with Crippen molar-refractivity contribution in [3.05, 3.63) is 85.1 Å². The van der Waals surface area contributed by atoms with Crippen LogP contribution < -0.4 is 16.6 Å². The van der Waals surface area contributed by atoms with Gasteiger partial charge in [0.05, 0.1) is 31.9 Å². The third kappa shape index (κ3) is 6.12. The molecule has 1 aliphatic heterocycles. The second-order valence-corrected chi connectivity index (χ2v) is 12.5. The normalized spacial score (nSPS) is 15.2. The number of hydrogen-bond acceptors (Lipinski definition) is 8. The predicted molar refractivity (Wildman–Crippen MR) is 170 cm³/mol. The maximum absolute atomic E-state index is 11.6. The van der Waals surface area contributed by atoms with E-state index < -0.39 is 0 Å². The minimum absolute atomic E-state index is 0.249. The lowest BCUT2D eigenvalue weighted by atomic mass is 9.82. The minimum atomic E-state index is -0.302. The first-order valence-electron chi connectivity index (χ1n) is 13.2. The van der Waals surface area contributed by atoms with Crippen molar-refractivity contribution in [2.75, 3.05) is 0 Å². The van der Waals surface area contributed by atoms with Gasteiger partial charge < -0.3 is 19.3 Å². The number of nitrogens with zero attached hydrogens (tertiary/aromatic N) is 8. The largest absolute Gasteiger partial charge is 0.498 e. The highest BCUT2D eigenvalue weighted by Crippen LogP contribution is 2.36. The Morgan fingerprint density at radius 1 is 0.773 bits per heavy atom. The molecule has 0 saturated carbocycles. The SMILES string of the molecule is Cn1cc(-c2cn3nc[nH]c(=O)c3c2Cl)cn1.Cn1cc(B2OC(C)(C)C(C)(C)O2)cn1.O=c1[nH]cnn2cc(Br)c(Cl)c12. The summed E-state index contributed by atoms with van der Waals surface area (Å²) in [5, 5.41) is 16.8. The molecular weight excluding hydrogens is 678 g/mol. The average Bonchev–Trinajstić information content (AvgIpc) is 3.74. The molecule has 0 radical (unpaired) electrons. The van der Waals surface area contributed by atoms with E-state index in [4.69, 9.17) is 32.5 Å². The Kier molecular flexibility index (Phi) is 8.66. The Morgan fingerprint density at radius 3 is 1.77 bits per heavy atom. The Morgan fingerprint density at radius 2 is 1.30 bits per heavy atom. The van der Waals surface area contributed by atoms with E-state index in [9.17, 15) is 9.59 Å². The molecule has 0 atom stereocenters. The summed E-state index contributed by atoms with van der Waals surface area (Å²) >= 11 is 15.2. The number of aromatic amines is 2. The van der Waals surface area contributed by atoms with Crippen LogP contribution >= 0.6 is 39.1 Å². The van der Waals surface area contributed by atoms with Crippen LogP contribution in [0.15, 0.2) is 63.9 Å². The third-order valence-electron chi connectivity index (χ3n) is 7.26. The molecule has 18 heteroatoms. The standard InChI is InChI=1S/C10H17BN2O2.C10H8ClN5O.C6H3BrClN3O/c1-9(2)10(3,4)15-11(14-9)8-6-12-13(5)7-8;1-15-3-6(2-13-15)7-4-16-9(8(7)11)10(17)12-5-14-16;7-3-1-11-5(4(3)8)6(12)9-2-10-11/h6-7H,1-5H3;2-5H,1H3,(H,12,14,17);1-2H,(H,9,10,12). The lowest BCUT2D eigenvalue weighted by molar-refractivity contribution is 0.00578. The van der Waals surface area contributed by atoms with Crippen molar-refractivity contribution >= 4 is 62.7 Å². The second-order valence-electron chi connectivity index (χ2n) is 10.9. The van der Waals surface area contributed by atoms with E-state index in [1.54, 1.807) is 34.2 Å². The number of aromatic nitrogens is 10. The van der Waals surface area contributed by atoms with Crippen LogP contribution in [0.3, 0.4) is 0 Å². The fourth-order valence-corrected chi connectivity index (χ4v) is 5.18. The van der Waals surface area contributed by atoms with Crippen LogP contribution in [0, 0.1) is 0 Å². The van der Waals surface area contributed by atoms with E-state index >= 15 is 0 Å². The molecule has 7 rings (SSSR count). The van der Waals surface area contributed by atoms with E-state index in [0.29, 0.717) is 25.6 Å². The van der Waals surface area contributed by atoms with Crippen molar-refractivity contribution in [3.63, 3.8) is 0 Å². The molecule has 1 aliphatic rings. The highest BCUT2D eigenvalue weighted by molar-refractivity contribution is 9.10. The first-order valence-corrected chi connectivity index (χ1v) is 14.7. The lowest BCUT2D eigenvalue weighted by Crippen LogP contribution is -2.41. The Hall–Kier alpha value is -3.70. The van der Waals surface area contributed by atoms with Gasteiger partial charge in [-0.1, -0.05) is 23.2 Å². The van der Waals surface area contributed by atoms with E-state index in [0.717, 1.165) is 16.6 Å². The minimum Gasteiger partial charge on any atom is -0.399 e. The lowest BCUT2D eigenvalue weighted by Gasteiger charge is -2.32. The summed E-state index contributed by atoms with van der Waals surface area (Å²) in [6, 6.07) is 0. The molecule has 230 valence electrons. The van der Waals surface area contributed by atoms with Gasteiger partial charge in [0.15, 0.2) is 0 Å². The fourth-order valence-electron chi connectivity index (χ4n) is 4.24. The van der Waals surface area contributed by atoms with Gasteiger partial charge >= 0.3 is 7.12 Å². The molecule has 0 unspecified atom stereocenters. The molecule has 14 nitrogen and oxygen atoms in total. The topological polar surface area (TPSA) is 154 Å². The van der Waals surface area contributed by atoms with E-state index in [-0.39, 0.29) is 29.4 Å². The van der Waals surface area contributed by atoms with Gasteiger partial charge in [0, 0.05) is 61.7 Å². The number of H-pyrrole nitrogens is 2. The zero-order valence-corrected chi connectivity index (χ0v) is 27.6. The molecule has 44 heavy (non-hydrogen) atoms. The number of fused-ring (bicyclic) bond motifs is 2. The van der Waals surface area contributed by atoms with Crippen LogP contribution in [-0.4, -0.2) is 67.1 Å². The van der Waals surface area contributed by atoms with Crippen LogP contribution in [0.25, 0.3) is 22.2 Å². The van der Waals surface area contributed by atoms with Crippen LogP contribution in [0.1, 0.15) is 27.7 Å². The van der Waals surface area contributed by atoms with Gasteiger partial charge in [0.1, 0.15) is 23.7 Å². The molecule has 6 aromatic heterocycles. The Bertz CT molecular complexity index is 2060. The van der Waals surface area contributed by atoms with Crippen molar-refractivity contribution in [1.82, 2.24) is 48.8 Å². The molecule has 2 N–H and O–H groups in total. The highest BCUT2D eigenvalue weighted by atomic mass is 79.9. The zero-order chi connectivity index (χ0) is 32.0. The molecule has 0 spiro atoms. The maximum Gasteiger partial charge on any atom is 0.498 e. The number of rotatable bonds is 2. The number of aryl methyl sites for hydroxylation is 2. The van der Waals surface area contributed by atoms with Gasteiger partial charge in [-0.3, -0.25) is 19.0 Å². The number of hydrogen-bond donors (Lipinski definition) is 2. The van der Waals surface area contributed by atoms with E-state index in [1.807, 2.05) is 54.2 Å². The van der Waals surface area contributed by atoms with Gasteiger partial charge in [-0.05, 0) is 43.6 Å². The molecule has 6 aromatic rings. The highest BCUT2D eigenvalue weighted by Gasteiger charge is 2.52. The predicted octanol–water partition coefficient (Wildman–Crippen LogP) is 3.23. The maximum atomic E-state index is 11.6. The van der Waals surface area contributed by atoms with Gasteiger partial charge in [-0.15, -0.1) is 0 Å². The fraction of sp³-hybridized carbons (Fsp3) is 0.308. The number of nitrogens with one attached hydrogen (secondary N) is 2. The number of halogens is 3. The van der Waals surface area contributed by atoms with Crippen LogP contribution in [-0.2, 0) is 23.4 Å². The van der Waals surface area contributed by atoms with Crippen molar-refractivity contribution in [3.8, 4) is 11.1 Å². The Labute approximate surface area is 269 Å². The Balaban J connectivity index is 0.000000133. The molecule has 0 aliphatic carbocycles. The van der Waals surface area contributed by atoms with Crippen LogP contribution in [0.4, 0.5) is 0 Å². The smallest absolute Gasteiger partial charge is 0.399 e. The first-order chi connectivity index (χ1) is 20.7. The van der Waals surface area contributed by atoms with Crippen molar-refractivity contribution in [1.29, 1.82) is 0 Å². The summed E-state index contributed by atoms with van der Waals surface area (Å²) in [7, 11) is 3.40. The third-order valence-corrected chi connectivity index (χ3v) is 8.85. The molecular formula is C26H28BBrCl2N10O4. The molecule has 7 heterocycles. The zero-order valence-electron chi connectivity index (χ0n) is 24.5. The van der Waals surface area contributed by atoms with Crippen molar-refractivity contribution in [2.45, 2.75) is 38.9 Å². The molecule has 0 aromatic carbocycles. The second kappa shape index (κ2) is 12.0. The monoisotopic (exact) mass is 704 g/mol. The van der Waals surface area contributed by atoms with Crippen LogP contribution in [0.5, 0.6) is 0 Å². The van der Waals surface area contributed by atoms with E-state index in [1.165, 1.54) is 21.7 Å². The van der Waals surface area contributed by atoms with Gasteiger partial charge in [0.2, 0.25) is 0 Å². The van der Waals surface area contributed by atoms with Crippen molar-refractivity contribution in [2.24, 2.45) is 14.1 Å². The first kappa shape index (κ1) is 31.7. The van der Waals surface area contributed by atoms with Crippen molar-refractivity contribution < 1.29 is 9.31 Å². The summed E-state index contributed by atoms with van der Waals surface area (Å²) in [6.07, 6.45) is 13.2.